The van der Waals surface area contributed by atoms with E-state index < -0.39 is 6.43 Å². The molecule has 3 nitrogen and oxygen atoms in total. The van der Waals surface area contributed by atoms with Crippen molar-refractivity contribution in [2.45, 2.75) is 39.3 Å². The number of hydrogen-bond donors (Lipinski definition) is 1. The molecule has 0 atom stereocenters. The second-order valence-electron chi connectivity index (χ2n) is 4.64. The average molecular weight is 230 g/mol. The van der Waals surface area contributed by atoms with Crippen LogP contribution in [-0.2, 0) is 13.2 Å². The summed E-state index contributed by atoms with van der Waals surface area (Å²) in [4.78, 5) is 0. The number of halogens is 2. The van der Waals surface area contributed by atoms with Crippen molar-refractivity contribution in [2.75, 3.05) is 0 Å². The van der Waals surface area contributed by atoms with Crippen molar-refractivity contribution in [3.63, 3.8) is 0 Å². The van der Waals surface area contributed by atoms with Gasteiger partial charge in [0.05, 0.1) is 12.8 Å². The summed E-state index contributed by atoms with van der Waals surface area (Å²) in [5.41, 5.74) is 0.115. The summed E-state index contributed by atoms with van der Waals surface area (Å²) in [5.74, 6) is 1.16. The van der Waals surface area contributed by atoms with Crippen LogP contribution in [0, 0.1) is 11.8 Å². The summed E-state index contributed by atoms with van der Waals surface area (Å²) in [6.45, 7) is 2.33. The highest BCUT2D eigenvalue weighted by atomic mass is 19.3. The Bertz CT molecular complexity index is 359. The Morgan fingerprint density at radius 2 is 2.25 bits per heavy atom. The third-order valence-electron chi connectivity index (χ3n) is 3.24. The van der Waals surface area contributed by atoms with E-state index in [2.05, 4.69) is 12.0 Å². The van der Waals surface area contributed by atoms with Gasteiger partial charge in [-0.3, -0.25) is 4.68 Å². The number of hydrogen-bond acceptors (Lipinski definition) is 2. The van der Waals surface area contributed by atoms with Gasteiger partial charge in [-0.05, 0) is 24.7 Å². The van der Waals surface area contributed by atoms with Crippen LogP contribution in [0.1, 0.15) is 37.4 Å². The van der Waals surface area contributed by atoms with E-state index in [0.29, 0.717) is 18.4 Å². The molecule has 0 saturated heterocycles. The molecule has 2 rings (SSSR count). The highest BCUT2D eigenvalue weighted by Crippen LogP contribution is 2.35. The lowest BCUT2D eigenvalue weighted by atomic mass is 9.76. The maximum absolute atomic E-state index is 12.8. The normalized spacial score (nSPS) is 24.8. The lowest BCUT2D eigenvalue weighted by molar-refractivity contribution is 0.124. The number of aromatic nitrogens is 2. The summed E-state index contributed by atoms with van der Waals surface area (Å²) in [7, 11) is 0. The lowest BCUT2D eigenvalue weighted by Gasteiger charge is -2.32. The van der Waals surface area contributed by atoms with Crippen molar-refractivity contribution >= 4 is 0 Å². The molecule has 1 aliphatic rings. The molecule has 1 saturated carbocycles. The molecule has 0 spiro atoms. The number of alkyl halides is 2. The molecule has 0 aromatic carbocycles. The van der Waals surface area contributed by atoms with Gasteiger partial charge in [0.2, 0.25) is 0 Å². The van der Waals surface area contributed by atoms with Crippen molar-refractivity contribution in [2.24, 2.45) is 11.8 Å². The average Bonchev–Trinajstić information content (AvgIpc) is 2.58. The molecule has 1 aromatic rings. The van der Waals surface area contributed by atoms with Crippen LogP contribution in [-0.4, -0.2) is 14.9 Å². The molecule has 0 radical (unpaired) electrons. The van der Waals surface area contributed by atoms with Gasteiger partial charge in [-0.15, -0.1) is 0 Å². The van der Waals surface area contributed by atoms with Crippen LogP contribution < -0.4 is 0 Å². The third kappa shape index (κ3) is 2.09. The minimum Gasteiger partial charge on any atom is -0.392 e. The van der Waals surface area contributed by atoms with Gasteiger partial charge in [0.15, 0.2) is 0 Å². The van der Waals surface area contributed by atoms with Crippen molar-refractivity contribution in [1.29, 1.82) is 0 Å². The van der Waals surface area contributed by atoms with Crippen LogP contribution in [0.2, 0.25) is 0 Å². The second-order valence-corrected chi connectivity index (χ2v) is 4.64. The zero-order valence-corrected chi connectivity index (χ0v) is 9.24. The van der Waals surface area contributed by atoms with Crippen LogP contribution in [0.15, 0.2) is 6.20 Å². The Balaban J connectivity index is 2.11. The molecular weight excluding hydrogens is 214 g/mol. The van der Waals surface area contributed by atoms with E-state index in [1.54, 1.807) is 0 Å². The van der Waals surface area contributed by atoms with Gasteiger partial charge in [-0.1, -0.05) is 6.92 Å². The molecule has 1 fully saturated rings. The van der Waals surface area contributed by atoms with Gasteiger partial charge < -0.3 is 5.11 Å². The zero-order chi connectivity index (χ0) is 11.7. The maximum Gasteiger partial charge on any atom is 0.280 e. The van der Waals surface area contributed by atoms with Gasteiger partial charge in [-0.2, -0.15) is 5.10 Å². The van der Waals surface area contributed by atoms with E-state index in [4.69, 9.17) is 5.11 Å². The first kappa shape index (κ1) is 11.5. The van der Waals surface area contributed by atoms with Crippen molar-refractivity contribution in [3.05, 3.63) is 17.5 Å². The minimum absolute atomic E-state index is 0.123. The SMILES string of the molecule is CC1CC(Cn2ncc(CO)c2C(F)F)C1. The van der Waals surface area contributed by atoms with Crippen molar-refractivity contribution in [1.82, 2.24) is 9.78 Å². The predicted octanol–water partition coefficient (Wildman–Crippen LogP) is 2.36. The summed E-state index contributed by atoms with van der Waals surface area (Å²) < 4.78 is 26.9. The predicted molar refractivity (Wildman–Crippen MR) is 55.0 cm³/mol. The Labute approximate surface area is 93.1 Å². The van der Waals surface area contributed by atoms with Crippen LogP contribution in [0.3, 0.4) is 0 Å². The third-order valence-corrected chi connectivity index (χ3v) is 3.24. The van der Waals surface area contributed by atoms with Gasteiger partial charge in [0, 0.05) is 12.1 Å². The Morgan fingerprint density at radius 3 is 2.75 bits per heavy atom. The van der Waals surface area contributed by atoms with Crippen molar-refractivity contribution < 1.29 is 13.9 Å². The van der Waals surface area contributed by atoms with Gasteiger partial charge >= 0.3 is 0 Å². The van der Waals surface area contributed by atoms with Gasteiger partial charge in [0.25, 0.3) is 6.43 Å². The number of aliphatic hydroxyl groups excluding tert-OH is 1. The number of aliphatic hydroxyl groups is 1. The van der Waals surface area contributed by atoms with E-state index in [0.717, 1.165) is 12.8 Å². The van der Waals surface area contributed by atoms with Crippen LogP contribution >= 0.6 is 0 Å². The largest absolute Gasteiger partial charge is 0.392 e. The molecule has 0 aliphatic heterocycles. The molecule has 0 amide bonds. The monoisotopic (exact) mass is 230 g/mol. The molecule has 1 N–H and O–H groups in total. The van der Waals surface area contributed by atoms with E-state index in [1.807, 2.05) is 0 Å². The zero-order valence-electron chi connectivity index (χ0n) is 9.24. The lowest BCUT2D eigenvalue weighted by Crippen LogP contribution is -2.26. The first-order valence-corrected chi connectivity index (χ1v) is 5.55. The summed E-state index contributed by atoms with van der Waals surface area (Å²) in [5, 5.41) is 12.9. The molecule has 16 heavy (non-hydrogen) atoms. The fourth-order valence-electron chi connectivity index (χ4n) is 2.42. The van der Waals surface area contributed by atoms with Crippen molar-refractivity contribution in [3.8, 4) is 0 Å². The summed E-state index contributed by atoms with van der Waals surface area (Å²) in [6.07, 6.45) is 0.930. The van der Waals surface area contributed by atoms with E-state index in [1.165, 1.54) is 10.9 Å². The first-order valence-electron chi connectivity index (χ1n) is 5.55. The maximum atomic E-state index is 12.8. The summed E-state index contributed by atoms with van der Waals surface area (Å²) >= 11 is 0. The smallest absolute Gasteiger partial charge is 0.280 e. The Morgan fingerprint density at radius 1 is 1.56 bits per heavy atom. The van der Waals surface area contributed by atoms with Crippen LogP contribution in [0.25, 0.3) is 0 Å². The highest BCUT2D eigenvalue weighted by molar-refractivity contribution is 5.18. The highest BCUT2D eigenvalue weighted by Gasteiger charge is 2.28. The summed E-state index contributed by atoms with van der Waals surface area (Å²) in [6, 6.07) is 0. The Hall–Kier alpha value is -0.970. The van der Waals surface area contributed by atoms with E-state index >= 15 is 0 Å². The molecule has 5 heteroatoms. The fraction of sp³-hybridized carbons (Fsp3) is 0.727. The second kappa shape index (κ2) is 4.49. The molecule has 0 unspecified atom stereocenters. The number of nitrogens with zero attached hydrogens (tertiary/aromatic N) is 2. The fourth-order valence-corrected chi connectivity index (χ4v) is 2.42. The van der Waals surface area contributed by atoms with Crippen LogP contribution in [0.5, 0.6) is 0 Å². The Kier molecular flexibility index (Phi) is 3.23. The van der Waals surface area contributed by atoms with E-state index in [9.17, 15) is 8.78 Å². The van der Waals surface area contributed by atoms with E-state index in [-0.39, 0.29) is 17.9 Å². The van der Waals surface area contributed by atoms with Crippen LogP contribution in [0.4, 0.5) is 8.78 Å². The van der Waals surface area contributed by atoms with Gasteiger partial charge in [0.1, 0.15) is 5.69 Å². The number of rotatable bonds is 4. The molecule has 0 bridgehead atoms. The molecule has 1 aromatic heterocycles. The standard InChI is InChI=1S/C11H16F2N2O/c1-7-2-8(3-7)5-15-10(11(12)13)9(6-16)4-14-15/h4,7-8,11,16H,2-3,5-6H2,1H3. The van der Waals surface area contributed by atoms with Gasteiger partial charge in [-0.25, -0.2) is 8.78 Å². The quantitative estimate of drug-likeness (QED) is 0.862. The molecule has 1 aliphatic carbocycles. The molecule has 1 heterocycles. The topological polar surface area (TPSA) is 38.0 Å². The minimum atomic E-state index is -2.57. The molecular formula is C11H16F2N2O. The first-order chi connectivity index (χ1) is 7.61. The molecule has 90 valence electrons.